The lowest BCUT2D eigenvalue weighted by Crippen LogP contribution is -1.88. The van der Waals surface area contributed by atoms with Crippen LogP contribution >= 0.6 is 0 Å². The van der Waals surface area contributed by atoms with Gasteiger partial charge in [-0.25, -0.2) is 0 Å². The first kappa shape index (κ1) is 16.1. The Hall–Kier alpha value is -2.78. The van der Waals surface area contributed by atoms with Gasteiger partial charge in [0, 0.05) is 11.1 Å². The molecule has 0 spiro atoms. The first-order chi connectivity index (χ1) is 11.5. The molecule has 0 amide bonds. The van der Waals surface area contributed by atoms with Gasteiger partial charge in [0.1, 0.15) is 0 Å². The lowest BCUT2D eigenvalue weighted by Gasteiger charge is -2.05. The number of aryl methyl sites for hydroxylation is 3. The van der Waals surface area contributed by atoms with E-state index in [2.05, 4.69) is 100 Å². The molecule has 0 N–H and O–H groups in total. The average Bonchev–Trinajstić information content (AvgIpc) is 2.59. The van der Waals surface area contributed by atoms with Crippen LogP contribution in [0.4, 0.5) is 0 Å². The minimum Gasteiger partial charge on any atom is -0.0617 e. The minimum absolute atomic E-state index is 1.04. The third kappa shape index (κ3) is 3.58. The molecule has 0 saturated heterocycles. The van der Waals surface area contributed by atoms with Gasteiger partial charge in [0.05, 0.1) is 0 Å². The van der Waals surface area contributed by atoms with Gasteiger partial charge in [-0.05, 0) is 79.8 Å². The van der Waals surface area contributed by atoms with Gasteiger partial charge in [-0.15, -0.1) is 0 Å². The second-order valence-electron chi connectivity index (χ2n) is 6.43. The molecule has 0 aliphatic heterocycles. The third-order valence-electron chi connectivity index (χ3n) is 4.55. The number of hydrogen-bond acceptors (Lipinski definition) is 0. The second kappa shape index (κ2) is 6.77. The van der Waals surface area contributed by atoms with E-state index < -0.39 is 0 Å². The summed E-state index contributed by atoms with van der Waals surface area (Å²) in [5.74, 6) is 6.56. The lowest BCUT2D eigenvalue weighted by atomic mass is 10.0. The second-order valence-corrected chi connectivity index (χ2v) is 6.43. The van der Waals surface area contributed by atoms with Crippen LogP contribution in [0, 0.1) is 39.5 Å². The summed E-state index contributed by atoms with van der Waals surface area (Å²) in [7, 11) is 0. The van der Waals surface area contributed by atoms with Crippen molar-refractivity contribution in [3.63, 3.8) is 0 Å². The summed E-state index contributed by atoms with van der Waals surface area (Å²) in [5.41, 5.74) is 9.82. The zero-order valence-corrected chi connectivity index (χ0v) is 14.8. The van der Waals surface area contributed by atoms with E-state index in [9.17, 15) is 0 Å². The van der Waals surface area contributed by atoms with Crippen molar-refractivity contribution in [2.45, 2.75) is 27.7 Å². The normalized spacial score (nSPS) is 10.2. The van der Waals surface area contributed by atoms with E-state index >= 15 is 0 Å². The summed E-state index contributed by atoms with van der Waals surface area (Å²) in [4.78, 5) is 0. The van der Waals surface area contributed by atoms with Crippen LogP contribution in [0.2, 0.25) is 0 Å². The van der Waals surface area contributed by atoms with Gasteiger partial charge in [-0.3, -0.25) is 0 Å². The molecule has 0 aromatic heterocycles. The summed E-state index contributed by atoms with van der Waals surface area (Å²) >= 11 is 0. The molecule has 3 aromatic rings. The van der Waals surface area contributed by atoms with Gasteiger partial charge in [0.2, 0.25) is 0 Å². The summed E-state index contributed by atoms with van der Waals surface area (Å²) in [6.07, 6.45) is 0. The van der Waals surface area contributed by atoms with Crippen LogP contribution in [0.3, 0.4) is 0 Å². The number of rotatable bonds is 1. The molecule has 0 heteroatoms. The number of hydrogen-bond donors (Lipinski definition) is 0. The summed E-state index contributed by atoms with van der Waals surface area (Å²) in [5, 5.41) is 0. The molecule has 0 aliphatic rings. The lowest BCUT2D eigenvalue weighted by molar-refractivity contribution is 1.26. The SMILES string of the molecule is Cc1ccc(-c2ccc(C#Cc3cc(C)c(C)c(C)c3)cc2)cc1. The molecule has 0 bridgehead atoms. The van der Waals surface area contributed by atoms with E-state index in [0.717, 1.165) is 11.1 Å². The molecule has 118 valence electrons. The molecule has 0 heterocycles. The predicted octanol–water partition coefficient (Wildman–Crippen LogP) is 5.99. The van der Waals surface area contributed by atoms with Crippen LogP contribution in [0.15, 0.2) is 60.7 Å². The first-order valence-corrected chi connectivity index (χ1v) is 8.30. The van der Waals surface area contributed by atoms with Crippen LogP contribution < -0.4 is 0 Å². The Kier molecular flexibility index (Phi) is 4.54. The predicted molar refractivity (Wildman–Crippen MR) is 103 cm³/mol. The average molecular weight is 310 g/mol. The van der Waals surface area contributed by atoms with Crippen molar-refractivity contribution < 1.29 is 0 Å². The zero-order valence-electron chi connectivity index (χ0n) is 14.8. The molecule has 0 aliphatic carbocycles. The van der Waals surface area contributed by atoms with Crippen LogP contribution in [0.1, 0.15) is 33.4 Å². The van der Waals surface area contributed by atoms with Crippen molar-refractivity contribution >= 4 is 0 Å². The summed E-state index contributed by atoms with van der Waals surface area (Å²) in [6.45, 7) is 8.55. The van der Waals surface area contributed by atoms with Gasteiger partial charge >= 0.3 is 0 Å². The van der Waals surface area contributed by atoms with Crippen LogP contribution in [0.5, 0.6) is 0 Å². The Morgan fingerprint density at radius 1 is 0.542 bits per heavy atom. The highest BCUT2D eigenvalue weighted by molar-refractivity contribution is 5.64. The summed E-state index contributed by atoms with van der Waals surface area (Å²) < 4.78 is 0. The van der Waals surface area contributed by atoms with E-state index in [0.29, 0.717) is 0 Å². The van der Waals surface area contributed by atoms with Gasteiger partial charge in [0.25, 0.3) is 0 Å². The molecule has 3 rings (SSSR count). The summed E-state index contributed by atoms with van der Waals surface area (Å²) in [6, 6.07) is 21.4. The van der Waals surface area contributed by atoms with Crippen molar-refractivity contribution in [3.05, 3.63) is 94.0 Å². The maximum absolute atomic E-state index is 3.29. The maximum atomic E-state index is 3.29. The molecular formula is C24H22. The Balaban J connectivity index is 1.84. The van der Waals surface area contributed by atoms with Gasteiger partial charge < -0.3 is 0 Å². The highest BCUT2D eigenvalue weighted by Crippen LogP contribution is 2.20. The van der Waals surface area contributed by atoms with Gasteiger partial charge in [0.15, 0.2) is 0 Å². The Bertz CT molecular complexity index is 892. The largest absolute Gasteiger partial charge is 0.0617 e. The molecular weight excluding hydrogens is 288 g/mol. The minimum atomic E-state index is 1.04. The third-order valence-corrected chi connectivity index (χ3v) is 4.55. The smallest absolute Gasteiger partial charge is 0.0254 e. The van der Waals surface area contributed by atoms with E-state index in [-0.39, 0.29) is 0 Å². The highest BCUT2D eigenvalue weighted by atomic mass is 14.0. The molecule has 0 atom stereocenters. The molecule has 24 heavy (non-hydrogen) atoms. The van der Waals surface area contributed by atoms with E-state index in [1.807, 2.05) is 0 Å². The first-order valence-electron chi connectivity index (χ1n) is 8.30. The van der Waals surface area contributed by atoms with Gasteiger partial charge in [-0.1, -0.05) is 53.8 Å². The molecule has 0 radical (unpaired) electrons. The quantitative estimate of drug-likeness (QED) is 0.484. The standard InChI is InChI=1S/C24H22/c1-17-5-11-23(12-6-17)24-13-9-21(10-14-24)7-8-22-15-18(2)20(4)19(3)16-22/h5-6,9-16H,1-4H3. The molecule has 0 unspecified atom stereocenters. The van der Waals surface area contributed by atoms with Crippen molar-refractivity contribution in [2.24, 2.45) is 0 Å². The Labute approximate surface area is 145 Å². The van der Waals surface area contributed by atoms with E-state index in [1.165, 1.54) is 33.4 Å². The fourth-order valence-electron chi connectivity index (χ4n) is 2.74. The number of benzene rings is 3. The van der Waals surface area contributed by atoms with E-state index in [4.69, 9.17) is 0 Å². The van der Waals surface area contributed by atoms with E-state index in [1.54, 1.807) is 0 Å². The zero-order chi connectivity index (χ0) is 17.1. The van der Waals surface area contributed by atoms with Crippen molar-refractivity contribution in [1.82, 2.24) is 0 Å². The van der Waals surface area contributed by atoms with Gasteiger partial charge in [-0.2, -0.15) is 0 Å². The molecule has 0 saturated carbocycles. The molecule has 0 nitrogen and oxygen atoms in total. The molecule has 3 aromatic carbocycles. The van der Waals surface area contributed by atoms with Crippen molar-refractivity contribution in [2.75, 3.05) is 0 Å². The van der Waals surface area contributed by atoms with Crippen LogP contribution in [-0.2, 0) is 0 Å². The fourth-order valence-corrected chi connectivity index (χ4v) is 2.74. The van der Waals surface area contributed by atoms with Crippen molar-refractivity contribution in [3.8, 4) is 23.0 Å². The maximum Gasteiger partial charge on any atom is 0.0254 e. The monoisotopic (exact) mass is 310 g/mol. The molecule has 0 fully saturated rings. The topological polar surface area (TPSA) is 0 Å². The van der Waals surface area contributed by atoms with Crippen molar-refractivity contribution in [1.29, 1.82) is 0 Å². The van der Waals surface area contributed by atoms with Crippen LogP contribution in [-0.4, -0.2) is 0 Å². The highest BCUT2D eigenvalue weighted by Gasteiger charge is 1.99. The Morgan fingerprint density at radius 2 is 1.00 bits per heavy atom. The Morgan fingerprint density at radius 3 is 1.54 bits per heavy atom. The fraction of sp³-hybridized carbons (Fsp3) is 0.167. The van der Waals surface area contributed by atoms with Crippen LogP contribution in [0.25, 0.3) is 11.1 Å².